The third-order valence-electron chi connectivity index (χ3n) is 5.79. The van der Waals surface area contributed by atoms with Gasteiger partial charge in [-0.3, -0.25) is 14.3 Å². The molecule has 34 heavy (non-hydrogen) atoms. The zero-order valence-corrected chi connectivity index (χ0v) is 20.1. The van der Waals surface area contributed by atoms with Crippen LogP contribution in [0.25, 0.3) is 21.3 Å². The van der Waals surface area contributed by atoms with Gasteiger partial charge in [0, 0.05) is 36.6 Å². The topological polar surface area (TPSA) is 106 Å². The zero-order valence-electron chi connectivity index (χ0n) is 18.5. The minimum atomic E-state index is -0.266. The van der Waals surface area contributed by atoms with Crippen LogP contribution in [0.15, 0.2) is 48.5 Å². The van der Waals surface area contributed by atoms with Gasteiger partial charge in [-0.25, -0.2) is 4.98 Å². The molecule has 0 spiro atoms. The second kappa shape index (κ2) is 9.08. The average molecular weight is 495 g/mol. The van der Waals surface area contributed by atoms with Crippen molar-refractivity contribution in [1.29, 1.82) is 0 Å². The van der Waals surface area contributed by atoms with Gasteiger partial charge in [-0.15, -0.1) is 0 Å². The summed E-state index contributed by atoms with van der Waals surface area (Å²) in [5.41, 5.74) is 8.35. The Morgan fingerprint density at radius 1 is 1.21 bits per heavy atom. The lowest BCUT2D eigenvalue weighted by Gasteiger charge is -2.22. The first-order valence-electron chi connectivity index (χ1n) is 11.0. The number of hydrogen-bond donors (Lipinski definition) is 2. The monoisotopic (exact) mass is 494 g/mol. The molecular weight excluding hydrogens is 472 g/mol. The smallest absolute Gasteiger partial charge is 0.274 e. The van der Waals surface area contributed by atoms with Crippen LogP contribution in [-0.2, 0) is 7.05 Å². The van der Waals surface area contributed by atoms with Gasteiger partial charge in [-0.1, -0.05) is 53.3 Å². The minimum Gasteiger partial charge on any atom is -0.375 e. The Balaban J connectivity index is 1.32. The minimum absolute atomic E-state index is 0.134. The van der Waals surface area contributed by atoms with E-state index in [-0.39, 0.29) is 17.9 Å². The number of anilines is 1. The molecule has 0 bridgehead atoms. The number of aromatic nitrogens is 3. The fraction of sp³-hybridized carbons (Fsp3) is 0.250. The van der Waals surface area contributed by atoms with E-state index in [4.69, 9.17) is 17.3 Å². The van der Waals surface area contributed by atoms with Gasteiger partial charge in [0.05, 0.1) is 10.4 Å². The summed E-state index contributed by atoms with van der Waals surface area (Å²) >= 11 is 7.42. The lowest BCUT2D eigenvalue weighted by molar-refractivity contribution is 0.0732. The van der Waals surface area contributed by atoms with Gasteiger partial charge in [-0.05, 0) is 36.6 Å². The summed E-state index contributed by atoms with van der Waals surface area (Å²) in [6.07, 6.45) is 1.85. The van der Waals surface area contributed by atoms with E-state index >= 15 is 0 Å². The van der Waals surface area contributed by atoms with Crippen molar-refractivity contribution in [1.82, 2.24) is 25.0 Å². The van der Waals surface area contributed by atoms with Crippen LogP contribution in [0.5, 0.6) is 0 Å². The predicted octanol–water partition coefficient (Wildman–Crippen LogP) is 3.97. The number of benzene rings is 2. The fourth-order valence-corrected chi connectivity index (χ4v) is 5.05. The van der Waals surface area contributed by atoms with Crippen molar-refractivity contribution >= 4 is 50.8 Å². The highest BCUT2D eigenvalue weighted by molar-refractivity contribution is 7.19. The number of para-hydroxylation sites is 1. The van der Waals surface area contributed by atoms with E-state index in [1.165, 1.54) is 11.3 Å². The van der Waals surface area contributed by atoms with Crippen LogP contribution in [-0.4, -0.2) is 50.6 Å². The number of halogens is 1. The molecule has 1 aliphatic rings. The lowest BCUT2D eigenvalue weighted by Crippen LogP contribution is -2.40. The highest BCUT2D eigenvalue weighted by Crippen LogP contribution is 2.36. The zero-order chi connectivity index (χ0) is 23.8. The second-order valence-electron chi connectivity index (χ2n) is 8.22. The Bertz CT molecular complexity index is 1390. The number of carbonyl (C=O) groups is 2. The number of aryl methyl sites for hydroxylation is 1. The summed E-state index contributed by atoms with van der Waals surface area (Å²) < 4.78 is 1.69. The molecule has 1 fully saturated rings. The van der Waals surface area contributed by atoms with Crippen molar-refractivity contribution in [2.24, 2.45) is 7.05 Å². The normalized spacial score (nSPS) is 13.2. The van der Waals surface area contributed by atoms with Gasteiger partial charge >= 0.3 is 0 Å². The quantitative estimate of drug-likeness (QED) is 0.404. The Morgan fingerprint density at radius 3 is 2.76 bits per heavy atom. The van der Waals surface area contributed by atoms with E-state index in [0.29, 0.717) is 39.5 Å². The number of thiazole rings is 1. The number of nitrogens with two attached hydrogens (primary N) is 1. The first-order chi connectivity index (χ1) is 16.4. The maximum Gasteiger partial charge on any atom is 0.274 e. The molecule has 10 heteroatoms. The van der Waals surface area contributed by atoms with E-state index in [1.807, 2.05) is 43.4 Å². The van der Waals surface area contributed by atoms with Crippen molar-refractivity contribution in [3.05, 3.63) is 64.9 Å². The van der Waals surface area contributed by atoms with Crippen LogP contribution in [0.3, 0.4) is 0 Å². The Morgan fingerprint density at radius 2 is 2.00 bits per heavy atom. The van der Waals surface area contributed by atoms with Gasteiger partial charge in [-0.2, -0.15) is 5.10 Å². The van der Waals surface area contributed by atoms with E-state index in [2.05, 4.69) is 15.4 Å². The molecule has 3 N–H and O–H groups in total. The second-order valence-corrected chi connectivity index (χ2v) is 9.68. The van der Waals surface area contributed by atoms with Crippen molar-refractivity contribution in [3.63, 3.8) is 0 Å². The van der Waals surface area contributed by atoms with Crippen molar-refractivity contribution < 1.29 is 9.59 Å². The molecule has 2 amide bonds. The predicted molar refractivity (Wildman–Crippen MR) is 134 cm³/mol. The third-order valence-corrected chi connectivity index (χ3v) is 6.96. The molecule has 174 valence electrons. The molecule has 2 aromatic carbocycles. The number of nitrogens with one attached hydrogen (secondary N) is 1. The Labute approximate surface area is 205 Å². The average Bonchev–Trinajstić information content (AvgIpc) is 3.51. The molecule has 1 saturated carbocycles. The summed E-state index contributed by atoms with van der Waals surface area (Å²) in [6, 6.07) is 15.0. The molecular formula is C24H23ClN6O2S. The number of fused-ring (bicyclic) bond motifs is 1. The van der Waals surface area contributed by atoms with E-state index < -0.39 is 0 Å². The standard InChI is InChI=1S/C24H23ClN6O2S/c1-30-18-8-3-2-7-17(18)19(29-30)22(32)27-11-12-31(16-9-10-16)23(33)20-21(34-24(26)28-20)14-5-4-6-15(25)13-14/h2-8,13,16H,9-12H2,1H3,(H2,26,28)(H,27,32). The van der Waals surface area contributed by atoms with Crippen LogP contribution in [0, 0.1) is 0 Å². The maximum absolute atomic E-state index is 13.5. The molecule has 0 aliphatic heterocycles. The van der Waals surface area contributed by atoms with Crippen LogP contribution in [0.1, 0.15) is 33.8 Å². The third kappa shape index (κ3) is 4.36. The van der Waals surface area contributed by atoms with Crippen LogP contribution < -0.4 is 11.1 Å². The molecule has 5 rings (SSSR count). The SMILES string of the molecule is Cn1nc(C(=O)NCCN(C(=O)c2nc(N)sc2-c2cccc(Cl)c2)C2CC2)c2ccccc21. The van der Waals surface area contributed by atoms with E-state index in [9.17, 15) is 9.59 Å². The molecule has 1 aliphatic carbocycles. The molecule has 2 aromatic heterocycles. The van der Waals surface area contributed by atoms with Crippen LogP contribution in [0.2, 0.25) is 5.02 Å². The van der Waals surface area contributed by atoms with Crippen molar-refractivity contribution in [3.8, 4) is 10.4 Å². The van der Waals surface area contributed by atoms with Gasteiger partial charge < -0.3 is 16.0 Å². The molecule has 0 saturated heterocycles. The van der Waals surface area contributed by atoms with Crippen molar-refractivity contribution in [2.75, 3.05) is 18.8 Å². The summed E-state index contributed by atoms with van der Waals surface area (Å²) in [7, 11) is 1.81. The molecule has 8 nitrogen and oxygen atoms in total. The number of hydrogen-bond acceptors (Lipinski definition) is 6. The van der Waals surface area contributed by atoms with Crippen LogP contribution >= 0.6 is 22.9 Å². The van der Waals surface area contributed by atoms with Gasteiger partial charge in [0.1, 0.15) is 5.69 Å². The molecule has 0 radical (unpaired) electrons. The van der Waals surface area contributed by atoms with Crippen LogP contribution in [0.4, 0.5) is 5.13 Å². The van der Waals surface area contributed by atoms with Crippen molar-refractivity contribution in [2.45, 2.75) is 18.9 Å². The molecule has 0 atom stereocenters. The summed E-state index contributed by atoms with van der Waals surface area (Å²) in [5.74, 6) is -0.458. The van der Waals surface area contributed by atoms with Gasteiger partial charge in [0.2, 0.25) is 0 Å². The largest absolute Gasteiger partial charge is 0.375 e. The highest BCUT2D eigenvalue weighted by Gasteiger charge is 2.35. The Kier molecular flexibility index (Phi) is 5.97. The first-order valence-corrected chi connectivity index (χ1v) is 12.1. The van der Waals surface area contributed by atoms with Gasteiger partial charge in [0.15, 0.2) is 10.8 Å². The lowest BCUT2D eigenvalue weighted by atomic mass is 10.1. The number of carbonyl (C=O) groups excluding carboxylic acids is 2. The highest BCUT2D eigenvalue weighted by atomic mass is 35.5. The first kappa shape index (κ1) is 22.4. The Hall–Kier alpha value is -3.43. The number of nitrogens with zero attached hydrogens (tertiary/aromatic N) is 4. The number of rotatable bonds is 7. The van der Waals surface area contributed by atoms with E-state index in [1.54, 1.807) is 21.7 Å². The molecule has 4 aromatic rings. The van der Waals surface area contributed by atoms with Gasteiger partial charge in [0.25, 0.3) is 11.8 Å². The summed E-state index contributed by atoms with van der Waals surface area (Å²) in [5, 5.41) is 8.97. The van der Waals surface area contributed by atoms with E-state index in [0.717, 1.165) is 29.3 Å². The maximum atomic E-state index is 13.5. The summed E-state index contributed by atoms with van der Waals surface area (Å²) in [4.78, 5) is 33.1. The molecule has 2 heterocycles. The summed E-state index contributed by atoms with van der Waals surface area (Å²) in [6.45, 7) is 0.671. The number of amides is 2. The number of nitrogen functional groups attached to an aromatic ring is 1. The molecule has 0 unspecified atom stereocenters. The fourth-order valence-electron chi connectivity index (χ4n) is 4.03.